The van der Waals surface area contributed by atoms with E-state index in [9.17, 15) is 0 Å². The van der Waals surface area contributed by atoms with Gasteiger partial charge in [-0.25, -0.2) is 0 Å². The van der Waals surface area contributed by atoms with Gasteiger partial charge < -0.3 is 14.8 Å². The van der Waals surface area contributed by atoms with Gasteiger partial charge in [0.25, 0.3) is 0 Å². The van der Waals surface area contributed by atoms with Crippen LogP contribution in [0.15, 0.2) is 48.5 Å². The first-order chi connectivity index (χ1) is 12.2. The number of benzene rings is 2. The molecule has 130 valence electrons. The second kappa shape index (κ2) is 8.36. The zero-order valence-corrected chi connectivity index (χ0v) is 14.8. The monoisotopic (exact) mass is 375 g/mol. The van der Waals surface area contributed by atoms with Crippen molar-refractivity contribution in [1.82, 2.24) is 16.3 Å². The van der Waals surface area contributed by atoms with Gasteiger partial charge in [-0.3, -0.25) is 21.7 Å². The van der Waals surface area contributed by atoms with Crippen LogP contribution in [0.3, 0.4) is 0 Å². The minimum Gasteiger partial charge on any atom is -0.486 e. The van der Waals surface area contributed by atoms with Gasteiger partial charge in [0.1, 0.15) is 13.2 Å². The molecule has 1 heterocycles. The Morgan fingerprint density at radius 2 is 1.48 bits per heavy atom. The first-order valence-electron chi connectivity index (χ1n) is 7.54. The van der Waals surface area contributed by atoms with Crippen LogP contribution in [0.1, 0.15) is 0 Å². The molecular formula is C16H17N5O2S2. The van der Waals surface area contributed by atoms with Gasteiger partial charge in [-0.05, 0) is 48.7 Å². The third-order valence-electron chi connectivity index (χ3n) is 3.18. The molecule has 1 aliphatic rings. The normalized spacial score (nSPS) is 11.8. The number of fused-ring (bicyclic) bond motifs is 1. The average Bonchev–Trinajstić information content (AvgIpc) is 2.65. The zero-order valence-electron chi connectivity index (χ0n) is 13.2. The van der Waals surface area contributed by atoms with E-state index in [4.69, 9.17) is 33.9 Å². The minimum absolute atomic E-state index is 0.343. The molecule has 0 spiro atoms. The molecule has 0 amide bonds. The lowest BCUT2D eigenvalue weighted by atomic mass is 10.2. The number of nitrogens with one attached hydrogen (secondary N) is 5. The number of thiocarbonyl (C=S) groups is 2. The van der Waals surface area contributed by atoms with Crippen molar-refractivity contribution in [2.75, 3.05) is 24.0 Å². The van der Waals surface area contributed by atoms with Crippen LogP contribution in [0.25, 0.3) is 0 Å². The third kappa shape index (κ3) is 5.10. The number of rotatable bonds is 3. The average molecular weight is 375 g/mol. The van der Waals surface area contributed by atoms with Crippen LogP contribution >= 0.6 is 24.4 Å². The topological polar surface area (TPSA) is 78.6 Å². The molecule has 5 N–H and O–H groups in total. The van der Waals surface area contributed by atoms with Crippen molar-refractivity contribution in [3.63, 3.8) is 0 Å². The van der Waals surface area contributed by atoms with Crippen molar-refractivity contribution >= 4 is 46.0 Å². The van der Waals surface area contributed by atoms with E-state index in [-0.39, 0.29) is 0 Å². The smallest absolute Gasteiger partial charge is 0.204 e. The molecule has 0 radical (unpaired) electrons. The van der Waals surface area contributed by atoms with E-state index in [1.54, 1.807) is 0 Å². The summed E-state index contributed by atoms with van der Waals surface area (Å²) < 4.78 is 11.0. The van der Waals surface area contributed by atoms with Crippen molar-refractivity contribution in [3.8, 4) is 11.5 Å². The Bertz CT molecular complexity index is 757. The van der Waals surface area contributed by atoms with Gasteiger partial charge in [0.05, 0.1) is 5.69 Å². The molecule has 2 aromatic rings. The summed E-state index contributed by atoms with van der Waals surface area (Å²) in [5.74, 6) is 1.42. The summed E-state index contributed by atoms with van der Waals surface area (Å²) in [4.78, 5) is 0. The van der Waals surface area contributed by atoms with Gasteiger partial charge in [0.15, 0.2) is 16.6 Å². The number of hydrogen-bond acceptors (Lipinski definition) is 5. The predicted molar refractivity (Wildman–Crippen MR) is 106 cm³/mol. The quantitative estimate of drug-likeness (QED) is 0.410. The number of para-hydroxylation sites is 1. The van der Waals surface area contributed by atoms with E-state index >= 15 is 0 Å². The molecule has 3 rings (SSSR count). The Morgan fingerprint density at radius 3 is 2.28 bits per heavy atom. The van der Waals surface area contributed by atoms with E-state index in [1.807, 2.05) is 48.5 Å². The van der Waals surface area contributed by atoms with Crippen molar-refractivity contribution in [2.24, 2.45) is 0 Å². The maximum absolute atomic E-state index is 5.53. The van der Waals surface area contributed by atoms with Gasteiger partial charge in [-0.1, -0.05) is 18.2 Å². The maximum Gasteiger partial charge on any atom is 0.204 e. The second-order valence-corrected chi connectivity index (χ2v) is 5.82. The lowest BCUT2D eigenvalue weighted by molar-refractivity contribution is 0.171. The van der Waals surface area contributed by atoms with E-state index in [0.717, 1.165) is 17.1 Å². The summed E-state index contributed by atoms with van der Waals surface area (Å²) in [5.41, 5.74) is 13.1. The van der Waals surface area contributed by atoms with Crippen molar-refractivity contribution in [2.45, 2.75) is 0 Å². The second-order valence-electron chi connectivity index (χ2n) is 5.01. The molecule has 0 aliphatic carbocycles. The highest BCUT2D eigenvalue weighted by molar-refractivity contribution is 7.80. The standard InChI is InChI=1S/C16H17N5O2S2/c24-15(17-12-6-7-13-14(10-12)23-9-8-22-13)19-21-16(25)20-18-11-4-2-1-3-5-11/h1-7,10,18H,8-9H2,(H2,17,19,24)(H2,20,21,25). The molecule has 7 nitrogen and oxygen atoms in total. The molecule has 0 unspecified atom stereocenters. The van der Waals surface area contributed by atoms with E-state index in [0.29, 0.717) is 29.2 Å². The Hall–Kier alpha value is -2.78. The summed E-state index contributed by atoms with van der Waals surface area (Å²) in [6.07, 6.45) is 0. The molecule has 0 atom stereocenters. The Labute approximate surface area is 156 Å². The van der Waals surface area contributed by atoms with Crippen LogP contribution in [-0.2, 0) is 0 Å². The molecule has 0 bridgehead atoms. The molecule has 0 saturated carbocycles. The van der Waals surface area contributed by atoms with Crippen LogP contribution in [0.4, 0.5) is 11.4 Å². The first kappa shape index (κ1) is 17.1. The molecule has 1 aliphatic heterocycles. The van der Waals surface area contributed by atoms with E-state index in [1.165, 1.54) is 0 Å². The van der Waals surface area contributed by atoms with Gasteiger partial charge in [0.2, 0.25) is 5.11 Å². The van der Waals surface area contributed by atoms with Gasteiger partial charge in [-0.2, -0.15) is 0 Å². The zero-order chi connectivity index (χ0) is 17.5. The van der Waals surface area contributed by atoms with Gasteiger partial charge >= 0.3 is 0 Å². The minimum atomic E-state index is 0.343. The van der Waals surface area contributed by atoms with Crippen molar-refractivity contribution in [1.29, 1.82) is 0 Å². The Kier molecular flexibility index (Phi) is 5.70. The summed E-state index contributed by atoms with van der Waals surface area (Å²) in [7, 11) is 0. The van der Waals surface area contributed by atoms with Crippen molar-refractivity contribution in [3.05, 3.63) is 48.5 Å². The number of hydrazine groups is 2. The Balaban J connectivity index is 1.42. The molecule has 25 heavy (non-hydrogen) atoms. The lowest BCUT2D eigenvalue weighted by Gasteiger charge is -2.19. The molecular weight excluding hydrogens is 358 g/mol. The Morgan fingerprint density at radius 1 is 0.760 bits per heavy atom. The number of hydrogen-bond donors (Lipinski definition) is 5. The maximum atomic E-state index is 5.53. The molecule has 2 aromatic carbocycles. The van der Waals surface area contributed by atoms with Crippen LogP contribution in [0.2, 0.25) is 0 Å². The number of anilines is 2. The lowest BCUT2D eigenvalue weighted by Crippen LogP contribution is -2.49. The van der Waals surface area contributed by atoms with Gasteiger partial charge in [0, 0.05) is 11.8 Å². The summed E-state index contributed by atoms with van der Waals surface area (Å²) in [5, 5.41) is 3.74. The van der Waals surface area contributed by atoms with E-state index in [2.05, 4.69) is 27.0 Å². The molecule has 0 fully saturated rings. The van der Waals surface area contributed by atoms with Crippen LogP contribution in [0, 0.1) is 0 Å². The third-order valence-corrected chi connectivity index (χ3v) is 3.59. The van der Waals surface area contributed by atoms with Crippen LogP contribution in [-0.4, -0.2) is 23.4 Å². The largest absolute Gasteiger partial charge is 0.486 e. The molecule has 9 heteroatoms. The predicted octanol–water partition coefficient (Wildman–Crippen LogP) is 2.15. The fraction of sp³-hybridized carbons (Fsp3) is 0.125. The van der Waals surface area contributed by atoms with Crippen LogP contribution < -0.4 is 36.5 Å². The highest BCUT2D eigenvalue weighted by Gasteiger charge is 2.12. The molecule has 0 saturated heterocycles. The fourth-order valence-electron chi connectivity index (χ4n) is 2.08. The SMILES string of the molecule is S=C(NNC(=S)Nc1ccc2c(c1)OCCO2)NNc1ccccc1. The highest BCUT2D eigenvalue weighted by atomic mass is 32.1. The summed E-state index contributed by atoms with van der Waals surface area (Å²) in [6.45, 7) is 1.10. The highest BCUT2D eigenvalue weighted by Crippen LogP contribution is 2.32. The van der Waals surface area contributed by atoms with Crippen molar-refractivity contribution < 1.29 is 9.47 Å². The fourth-order valence-corrected chi connectivity index (χ4v) is 2.35. The van der Waals surface area contributed by atoms with Gasteiger partial charge in [-0.15, -0.1) is 0 Å². The molecule has 0 aromatic heterocycles. The van der Waals surface area contributed by atoms with Crippen LogP contribution in [0.5, 0.6) is 11.5 Å². The summed E-state index contributed by atoms with van der Waals surface area (Å²) in [6, 6.07) is 15.1. The van der Waals surface area contributed by atoms with E-state index < -0.39 is 0 Å². The number of ether oxygens (including phenoxy) is 2. The summed E-state index contributed by atoms with van der Waals surface area (Å²) >= 11 is 10.4. The first-order valence-corrected chi connectivity index (χ1v) is 8.36.